The number of pyridine rings is 1. The van der Waals surface area contributed by atoms with Gasteiger partial charge in [-0.3, -0.25) is 4.79 Å². The molecule has 92 valence electrons. The van der Waals surface area contributed by atoms with Gasteiger partial charge in [-0.2, -0.15) is 0 Å². The minimum atomic E-state index is 0.0285. The van der Waals surface area contributed by atoms with Gasteiger partial charge in [0.25, 0.3) is 5.91 Å². The van der Waals surface area contributed by atoms with Crippen LogP contribution in [0.1, 0.15) is 10.5 Å². The highest BCUT2D eigenvalue weighted by Crippen LogP contribution is 2.09. The maximum Gasteiger partial charge on any atom is 0.272 e. The molecule has 5 nitrogen and oxygen atoms in total. The van der Waals surface area contributed by atoms with Crippen molar-refractivity contribution in [3.05, 3.63) is 24.0 Å². The van der Waals surface area contributed by atoms with E-state index in [1.807, 2.05) is 18.0 Å². The number of piperazine rings is 1. The highest BCUT2D eigenvalue weighted by molar-refractivity contribution is 5.92. The summed E-state index contributed by atoms with van der Waals surface area (Å²) in [6.45, 7) is 3.43. The van der Waals surface area contributed by atoms with Crippen LogP contribution in [-0.4, -0.2) is 61.0 Å². The van der Waals surface area contributed by atoms with Gasteiger partial charge in [0.15, 0.2) is 0 Å². The van der Waals surface area contributed by atoms with E-state index in [4.69, 9.17) is 0 Å². The van der Waals surface area contributed by atoms with Crippen LogP contribution in [0.5, 0.6) is 0 Å². The third-order valence-corrected chi connectivity index (χ3v) is 3.06. The normalized spacial score (nSPS) is 16.9. The van der Waals surface area contributed by atoms with Crippen LogP contribution < -0.4 is 5.32 Å². The van der Waals surface area contributed by atoms with Crippen molar-refractivity contribution in [2.75, 3.05) is 45.6 Å². The molecule has 5 heteroatoms. The molecule has 0 saturated carbocycles. The summed E-state index contributed by atoms with van der Waals surface area (Å²) in [7, 11) is 3.90. The summed E-state index contributed by atoms with van der Waals surface area (Å²) in [6, 6.07) is 3.64. The van der Waals surface area contributed by atoms with Gasteiger partial charge in [0, 0.05) is 33.2 Å². The van der Waals surface area contributed by atoms with E-state index >= 15 is 0 Å². The number of carbonyl (C=O) groups is 1. The van der Waals surface area contributed by atoms with Crippen molar-refractivity contribution in [1.82, 2.24) is 14.8 Å². The average molecular weight is 234 g/mol. The van der Waals surface area contributed by atoms with Crippen molar-refractivity contribution in [2.24, 2.45) is 0 Å². The number of likely N-dealkylation sites (N-methyl/N-ethyl adjacent to an activating group) is 1. The zero-order valence-corrected chi connectivity index (χ0v) is 10.3. The molecular formula is C12H18N4O. The van der Waals surface area contributed by atoms with Gasteiger partial charge in [0.05, 0.1) is 11.9 Å². The van der Waals surface area contributed by atoms with Crippen LogP contribution in [0.4, 0.5) is 5.69 Å². The minimum absolute atomic E-state index is 0.0285. The molecule has 1 aliphatic heterocycles. The summed E-state index contributed by atoms with van der Waals surface area (Å²) in [4.78, 5) is 20.4. The number of anilines is 1. The number of amides is 1. The molecule has 1 saturated heterocycles. The van der Waals surface area contributed by atoms with Crippen molar-refractivity contribution in [3.8, 4) is 0 Å². The number of aromatic nitrogens is 1. The monoisotopic (exact) mass is 234 g/mol. The Hall–Kier alpha value is -1.62. The predicted molar refractivity (Wildman–Crippen MR) is 67.2 cm³/mol. The summed E-state index contributed by atoms with van der Waals surface area (Å²) in [5, 5.41) is 2.98. The van der Waals surface area contributed by atoms with E-state index in [0.717, 1.165) is 31.9 Å². The maximum absolute atomic E-state index is 12.1. The summed E-state index contributed by atoms with van der Waals surface area (Å²) >= 11 is 0. The maximum atomic E-state index is 12.1. The van der Waals surface area contributed by atoms with Crippen molar-refractivity contribution in [1.29, 1.82) is 0 Å². The minimum Gasteiger partial charge on any atom is -0.387 e. The lowest BCUT2D eigenvalue weighted by molar-refractivity contribution is 0.0658. The van der Waals surface area contributed by atoms with Gasteiger partial charge < -0.3 is 15.1 Å². The first-order valence-electron chi connectivity index (χ1n) is 5.82. The van der Waals surface area contributed by atoms with Gasteiger partial charge in [-0.1, -0.05) is 0 Å². The molecule has 0 radical (unpaired) electrons. The fourth-order valence-corrected chi connectivity index (χ4v) is 1.84. The van der Waals surface area contributed by atoms with Crippen molar-refractivity contribution >= 4 is 11.6 Å². The van der Waals surface area contributed by atoms with Crippen molar-refractivity contribution in [3.63, 3.8) is 0 Å². The highest BCUT2D eigenvalue weighted by Gasteiger charge is 2.20. The molecule has 0 aromatic carbocycles. The molecule has 1 N–H and O–H groups in total. The Morgan fingerprint density at radius 3 is 2.53 bits per heavy atom. The molecule has 1 amide bonds. The molecule has 1 aromatic heterocycles. The van der Waals surface area contributed by atoms with Crippen LogP contribution >= 0.6 is 0 Å². The molecule has 2 heterocycles. The Bertz CT molecular complexity index is 382. The summed E-state index contributed by atoms with van der Waals surface area (Å²) < 4.78 is 0. The standard InChI is InChI=1S/C12H18N4O/c1-13-10-3-4-11(14-9-10)12(17)16-7-5-15(2)6-8-16/h3-4,9,13H,5-8H2,1-2H3. The van der Waals surface area contributed by atoms with Crippen LogP contribution in [0.3, 0.4) is 0 Å². The van der Waals surface area contributed by atoms with Gasteiger partial charge in [-0.25, -0.2) is 4.98 Å². The number of hydrogen-bond donors (Lipinski definition) is 1. The lowest BCUT2D eigenvalue weighted by Crippen LogP contribution is -2.47. The van der Waals surface area contributed by atoms with Gasteiger partial charge in [0.1, 0.15) is 5.69 Å². The van der Waals surface area contributed by atoms with Crippen molar-refractivity contribution in [2.45, 2.75) is 0 Å². The van der Waals surface area contributed by atoms with Gasteiger partial charge >= 0.3 is 0 Å². The Kier molecular flexibility index (Phi) is 3.58. The molecule has 0 aliphatic carbocycles. The molecule has 0 bridgehead atoms. The number of rotatable bonds is 2. The van der Waals surface area contributed by atoms with E-state index in [1.54, 1.807) is 12.3 Å². The molecule has 2 rings (SSSR count). The second-order valence-corrected chi connectivity index (χ2v) is 4.28. The van der Waals surface area contributed by atoms with E-state index < -0.39 is 0 Å². The first-order valence-corrected chi connectivity index (χ1v) is 5.82. The van der Waals surface area contributed by atoms with Crippen LogP contribution in [0.2, 0.25) is 0 Å². The van der Waals surface area contributed by atoms with Crippen LogP contribution in [0, 0.1) is 0 Å². The van der Waals surface area contributed by atoms with E-state index in [2.05, 4.69) is 22.2 Å². The number of nitrogens with one attached hydrogen (secondary N) is 1. The van der Waals surface area contributed by atoms with Crippen LogP contribution in [0.15, 0.2) is 18.3 Å². The summed E-state index contributed by atoms with van der Waals surface area (Å²) in [5.74, 6) is 0.0285. The second-order valence-electron chi connectivity index (χ2n) is 4.28. The van der Waals surface area contributed by atoms with E-state index in [0.29, 0.717) is 5.69 Å². The predicted octanol–water partition coefficient (Wildman–Crippen LogP) is 0.511. The Morgan fingerprint density at radius 2 is 2.00 bits per heavy atom. The average Bonchev–Trinajstić information content (AvgIpc) is 2.39. The van der Waals surface area contributed by atoms with Crippen molar-refractivity contribution < 1.29 is 4.79 Å². The molecule has 0 unspecified atom stereocenters. The van der Waals surface area contributed by atoms with Crippen LogP contribution in [0.25, 0.3) is 0 Å². The number of hydrogen-bond acceptors (Lipinski definition) is 4. The molecule has 0 atom stereocenters. The molecule has 1 fully saturated rings. The highest BCUT2D eigenvalue weighted by atomic mass is 16.2. The Labute approximate surface area is 101 Å². The number of nitrogens with zero attached hydrogens (tertiary/aromatic N) is 3. The lowest BCUT2D eigenvalue weighted by Gasteiger charge is -2.32. The molecule has 1 aromatic rings. The third-order valence-electron chi connectivity index (χ3n) is 3.06. The van der Waals surface area contributed by atoms with E-state index in [-0.39, 0.29) is 5.91 Å². The largest absolute Gasteiger partial charge is 0.387 e. The van der Waals surface area contributed by atoms with Crippen LogP contribution in [-0.2, 0) is 0 Å². The lowest BCUT2D eigenvalue weighted by atomic mass is 10.2. The Balaban J connectivity index is 2.03. The fourth-order valence-electron chi connectivity index (χ4n) is 1.84. The quantitative estimate of drug-likeness (QED) is 0.810. The van der Waals surface area contributed by atoms with Gasteiger partial charge in [-0.05, 0) is 19.2 Å². The third kappa shape index (κ3) is 2.74. The molecule has 1 aliphatic rings. The summed E-state index contributed by atoms with van der Waals surface area (Å²) in [5.41, 5.74) is 1.44. The smallest absolute Gasteiger partial charge is 0.272 e. The topological polar surface area (TPSA) is 48.5 Å². The zero-order chi connectivity index (χ0) is 12.3. The molecule has 17 heavy (non-hydrogen) atoms. The van der Waals surface area contributed by atoms with E-state index in [1.165, 1.54) is 0 Å². The fraction of sp³-hybridized carbons (Fsp3) is 0.500. The summed E-state index contributed by atoms with van der Waals surface area (Å²) in [6.07, 6.45) is 1.68. The van der Waals surface area contributed by atoms with Gasteiger partial charge in [-0.15, -0.1) is 0 Å². The SMILES string of the molecule is CNc1ccc(C(=O)N2CCN(C)CC2)nc1. The molecule has 0 spiro atoms. The Morgan fingerprint density at radius 1 is 1.29 bits per heavy atom. The first-order chi connectivity index (χ1) is 8.20. The molecular weight excluding hydrogens is 216 g/mol. The zero-order valence-electron chi connectivity index (χ0n) is 10.3. The van der Waals surface area contributed by atoms with E-state index in [9.17, 15) is 4.79 Å². The second kappa shape index (κ2) is 5.14. The first kappa shape index (κ1) is 11.9. The number of carbonyl (C=O) groups excluding carboxylic acids is 1. The van der Waals surface area contributed by atoms with Gasteiger partial charge in [0.2, 0.25) is 0 Å².